The second-order valence-electron chi connectivity index (χ2n) is 6.05. The maximum atomic E-state index is 12.3. The molecule has 0 radical (unpaired) electrons. The number of carbonyl (C=O) groups is 2. The zero-order valence-electron chi connectivity index (χ0n) is 14.6. The first-order valence-corrected chi connectivity index (χ1v) is 8.68. The van der Waals surface area contributed by atoms with Gasteiger partial charge in [0.05, 0.1) is 5.92 Å². The maximum absolute atomic E-state index is 12.3. The standard InChI is InChI=1S/C22H21NO3/c1-2-18(16-9-4-3-5-10-16)22(25)26-15-21(24)23-20-14-8-12-17-11-6-7-13-19(17)20/h3-14,18H,2,15H2,1H3,(H,23,24)/t18-/m0/s1. The number of benzene rings is 3. The van der Waals surface area contributed by atoms with Gasteiger partial charge in [-0.25, -0.2) is 0 Å². The van der Waals surface area contributed by atoms with E-state index >= 15 is 0 Å². The molecule has 0 saturated heterocycles. The molecule has 4 heteroatoms. The van der Waals surface area contributed by atoms with Crippen molar-refractivity contribution in [2.75, 3.05) is 11.9 Å². The summed E-state index contributed by atoms with van der Waals surface area (Å²) in [4.78, 5) is 24.6. The summed E-state index contributed by atoms with van der Waals surface area (Å²) < 4.78 is 5.24. The molecule has 0 aliphatic rings. The van der Waals surface area contributed by atoms with Crippen LogP contribution in [0, 0.1) is 0 Å². The fourth-order valence-corrected chi connectivity index (χ4v) is 2.98. The Kier molecular flexibility index (Phi) is 5.64. The second kappa shape index (κ2) is 8.30. The lowest BCUT2D eigenvalue weighted by molar-refractivity contribution is -0.149. The highest BCUT2D eigenvalue weighted by atomic mass is 16.5. The monoisotopic (exact) mass is 347 g/mol. The summed E-state index contributed by atoms with van der Waals surface area (Å²) in [6.45, 7) is 1.63. The van der Waals surface area contributed by atoms with Gasteiger partial charge in [0.1, 0.15) is 0 Å². The average molecular weight is 347 g/mol. The molecule has 1 N–H and O–H groups in total. The number of nitrogens with one attached hydrogen (secondary N) is 1. The molecule has 1 atom stereocenters. The van der Waals surface area contributed by atoms with Crippen molar-refractivity contribution in [1.82, 2.24) is 0 Å². The number of hydrogen-bond donors (Lipinski definition) is 1. The summed E-state index contributed by atoms with van der Waals surface area (Å²) in [6.07, 6.45) is 0.619. The van der Waals surface area contributed by atoms with Gasteiger partial charge in [0.25, 0.3) is 5.91 Å². The second-order valence-corrected chi connectivity index (χ2v) is 6.05. The molecule has 3 aromatic rings. The Labute approximate surface area is 152 Å². The smallest absolute Gasteiger partial charge is 0.313 e. The number of ether oxygens (including phenoxy) is 1. The fraction of sp³-hybridized carbons (Fsp3) is 0.182. The summed E-state index contributed by atoms with van der Waals surface area (Å²) in [7, 11) is 0. The van der Waals surface area contributed by atoms with Gasteiger partial charge >= 0.3 is 5.97 Å². The van der Waals surface area contributed by atoms with Crippen LogP contribution in [-0.2, 0) is 14.3 Å². The topological polar surface area (TPSA) is 55.4 Å². The number of rotatable bonds is 6. The van der Waals surface area contributed by atoms with Gasteiger partial charge in [-0.3, -0.25) is 9.59 Å². The molecule has 0 bridgehead atoms. The van der Waals surface area contributed by atoms with Gasteiger partial charge in [-0.05, 0) is 23.4 Å². The zero-order valence-corrected chi connectivity index (χ0v) is 14.6. The van der Waals surface area contributed by atoms with E-state index < -0.39 is 0 Å². The first-order chi connectivity index (χ1) is 12.7. The molecule has 0 saturated carbocycles. The lowest BCUT2D eigenvalue weighted by Crippen LogP contribution is -2.24. The minimum atomic E-state index is -0.383. The van der Waals surface area contributed by atoms with Crippen molar-refractivity contribution < 1.29 is 14.3 Å². The van der Waals surface area contributed by atoms with Gasteiger partial charge in [-0.15, -0.1) is 0 Å². The molecule has 0 spiro atoms. The molecule has 3 rings (SSSR count). The van der Waals surface area contributed by atoms with Crippen LogP contribution in [0.15, 0.2) is 72.8 Å². The van der Waals surface area contributed by atoms with Crippen LogP contribution in [0.4, 0.5) is 5.69 Å². The SMILES string of the molecule is CC[C@H](C(=O)OCC(=O)Nc1cccc2ccccc12)c1ccccc1. The predicted molar refractivity (Wildman–Crippen MR) is 103 cm³/mol. The number of esters is 1. The van der Waals surface area contributed by atoms with Crippen molar-refractivity contribution in [1.29, 1.82) is 0 Å². The molecule has 132 valence electrons. The average Bonchev–Trinajstić information content (AvgIpc) is 2.68. The number of fused-ring (bicyclic) bond motifs is 1. The summed E-state index contributed by atoms with van der Waals surface area (Å²) in [6, 6.07) is 23.0. The van der Waals surface area contributed by atoms with Crippen molar-refractivity contribution in [2.24, 2.45) is 0 Å². The molecule has 0 aliphatic heterocycles. The van der Waals surface area contributed by atoms with Crippen LogP contribution in [0.25, 0.3) is 10.8 Å². The first kappa shape index (κ1) is 17.7. The van der Waals surface area contributed by atoms with Crippen LogP contribution in [0.3, 0.4) is 0 Å². The Bertz CT molecular complexity index is 900. The maximum Gasteiger partial charge on any atom is 0.313 e. The van der Waals surface area contributed by atoms with Gasteiger partial charge in [-0.1, -0.05) is 73.7 Å². The molecule has 0 aliphatic carbocycles. The third kappa shape index (κ3) is 4.09. The van der Waals surface area contributed by atoms with E-state index in [0.717, 1.165) is 16.3 Å². The number of amides is 1. The lowest BCUT2D eigenvalue weighted by Gasteiger charge is -2.15. The molecule has 4 nitrogen and oxygen atoms in total. The molecule has 3 aromatic carbocycles. The van der Waals surface area contributed by atoms with Gasteiger partial charge in [0, 0.05) is 11.1 Å². The fourth-order valence-electron chi connectivity index (χ4n) is 2.98. The lowest BCUT2D eigenvalue weighted by atomic mass is 9.97. The van der Waals surface area contributed by atoms with Crippen molar-refractivity contribution in [3.05, 3.63) is 78.4 Å². The van der Waals surface area contributed by atoms with Gasteiger partial charge < -0.3 is 10.1 Å². The van der Waals surface area contributed by atoms with Crippen molar-refractivity contribution in [2.45, 2.75) is 19.3 Å². The molecule has 0 aromatic heterocycles. The van der Waals surface area contributed by atoms with Crippen LogP contribution < -0.4 is 5.32 Å². The Morgan fingerprint density at radius 2 is 1.62 bits per heavy atom. The molecular weight excluding hydrogens is 326 g/mol. The first-order valence-electron chi connectivity index (χ1n) is 8.68. The predicted octanol–water partition coefficient (Wildman–Crippen LogP) is 4.52. The number of carbonyl (C=O) groups excluding carboxylic acids is 2. The Balaban J connectivity index is 1.62. The van der Waals surface area contributed by atoms with Crippen LogP contribution in [0.5, 0.6) is 0 Å². The van der Waals surface area contributed by atoms with E-state index in [1.165, 1.54) is 0 Å². The Morgan fingerprint density at radius 1 is 0.923 bits per heavy atom. The van der Waals surface area contributed by atoms with Crippen LogP contribution in [0.2, 0.25) is 0 Å². The third-order valence-electron chi connectivity index (χ3n) is 4.30. The van der Waals surface area contributed by atoms with E-state index in [0.29, 0.717) is 12.1 Å². The molecule has 0 unspecified atom stereocenters. The van der Waals surface area contributed by atoms with E-state index in [1.54, 1.807) is 0 Å². The Hall–Kier alpha value is -3.14. The van der Waals surface area contributed by atoms with Crippen LogP contribution in [-0.4, -0.2) is 18.5 Å². The minimum Gasteiger partial charge on any atom is -0.455 e. The summed E-state index contributed by atoms with van der Waals surface area (Å²) >= 11 is 0. The normalized spacial score (nSPS) is 11.7. The highest BCUT2D eigenvalue weighted by Crippen LogP contribution is 2.23. The van der Waals surface area contributed by atoms with Crippen molar-refractivity contribution in [3.63, 3.8) is 0 Å². The molecule has 0 fully saturated rings. The van der Waals surface area contributed by atoms with E-state index in [-0.39, 0.29) is 24.4 Å². The summed E-state index contributed by atoms with van der Waals surface area (Å²) in [5.41, 5.74) is 1.61. The van der Waals surface area contributed by atoms with E-state index in [9.17, 15) is 9.59 Å². The van der Waals surface area contributed by atoms with Crippen LogP contribution in [0.1, 0.15) is 24.8 Å². The summed E-state index contributed by atoms with van der Waals surface area (Å²) in [5.74, 6) is -1.09. The summed E-state index contributed by atoms with van der Waals surface area (Å²) in [5, 5.41) is 4.81. The minimum absolute atomic E-state index is 0.300. The largest absolute Gasteiger partial charge is 0.455 e. The highest BCUT2D eigenvalue weighted by molar-refractivity contribution is 6.02. The molecule has 0 heterocycles. The van der Waals surface area contributed by atoms with Gasteiger partial charge in [-0.2, -0.15) is 0 Å². The Morgan fingerprint density at radius 3 is 2.38 bits per heavy atom. The van der Waals surface area contributed by atoms with E-state index in [1.807, 2.05) is 79.7 Å². The highest BCUT2D eigenvalue weighted by Gasteiger charge is 2.21. The number of anilines is 1. The number of hydrogen-bond acceptors (Lipinski definition) is 3. The molecule has 26 heavy (non-hydrogen) atoms. The molecule has 1 amide bonds. The molecular formula is C22H21NO3. The third-order valence-corrected chi connectivity index (χ3v) is 4.30. The van der Waals surface area contributed by atoms with Crippen molar-refractivity contribution in [3.8, 4) is 0 Å². The van der Waals surface area contributed by atoms with Gasteiger partial charge in [0.15, 0.2) is 6.61 Å². The zero-order chi connectivity index (χ0) is 18.4. The van der Waals surface area contributed by atoms with Crippen molar-refractivity contribution >= 4 is 28.3 Å². The van der Waals surface area contributed by atoms with E-state index in [2.05, 4.69) is 5.32 Å². The van der Waals surface area contributed by atoms with Crippen LogP contribution >= 0.6 is 0 Å². The van der Waals surface area contributed by atoms with Gasteiger partial charge in [0.2, 0.25) is 0 Å². The van der Waals surface area contributed by atoms with E-state index in [4.69, 9.17) is 4.74 Å². The quantitative estimate of drug-likeness (QED) is 0.667.